The molecule has 2 atom stereocenters. The molecule has 2 heterocycles. The van der Waals surface area contributed by atoms with Crippen LogP contribution in [0.3, 0.4) is 0 Å². The molecule has 1 fully saturated rings. The number of pyridine rings is 1. The molecule has 1 N–H and O–H groups in total. The number of rotatable bonds is 5. The van der Waals surface area contributed by atoms with Crippen molar-refractivity contribution in [2.24, 2.45) is 0 Å². The molecular weight excluding hydrogens is 219 g/mol. The number of hydrogen-bond donors (Lipinski definition) is 1. The third-order valence-corrected chi connectivity index (χ3v) is 3.04. The van der Waals surface area contributed by atoms with Gasteiger partial charge in [0.15, 0.2) is 0 Å². The fourth-order valence-electron chi connectivity index (χ4n) is 2.23. The summed E-state index contributed by atoms with van der Waals surface area (Å²) in [5, 5.41) is 3.42. The summed E-state index contributed by atoms with van der Waals surface area (Å²) in [6.07, 6.45) is 6.25. The Morgan fingerprint density at radius 2 is 2.47 bits per heavy atom. The summed E-state index contributed by atoms with van der Waals surface area (Å²) in [5.74, 6) is -0.288. The molecule has 3 nitrogen and oxygen atoms in total. The molecule has 2 rings (SSSR count). The molecule has 4 heteroatoms. The molecule has 17 heavy (non-hydrogen) atoms. The van der Waals surface area contributed by atoms with Crippen LogP contribution < -0.4 is 5.32 Å². The van der Waals surface area contributed by atoms with Crippen LogP contribution in [-0.4, -0.2) is 24.2 Å². The largest absolute Gasteiger partial charge is 0.376 e. The molecule has 0 saturated carbocycles. The Bertz CT molecular complexity index is 353. The number of ether oxygens (including phenoxy) is 1. The van der Waals surface area contributed by atoms with E-state index in [1.54, 1.807) is 12.3 Å². The van der Waals surface area contributed by atoms with Crippen LogP contribution in [0, 0.1) is 5.82 Å². The quantitative estimate of drug-likeness (QED) is 0.855. The van der Waals surface area contributed by atoms with Crippen molar-refractivity contribution >= 4 is 0 Å². The van der Waals surface area contributed by atoms with Crippen LogP contribution in [0.2, 0.25) is 0 Å². The third-order valence-electron chi connectivity index (χ3n) is 3.04. The molecule has 1 saturated heterocycles. The molecule has 2 unspecified atom stereocenters. The number of nitrogens with zero attached hydrogens (tertiary/aromatic N) is 1. The fourth-order valence-corrected chi connectivity index (χ4v) is 2.23. The van der Waals surface area contributed by atoms with Gasteiger partial charge < -0.3 is 10.1 Å². The average molecular weight is 238 g/mol. The average Bonchev–Trinajstić information content (AvgIpc) is 2.83. The van der Waals surface area contributed by atoms with E-state index >= 15 is 0 Å². The second-order valence-corrected chi connectivity index (χ2v) is 4.42. The summed E-state index contributed by atoms with van der Waals surface area (Å²) in [4.78, 5) is 3.91. The van der Waals surface area contributed by atoms with Gasteiger partial charge in [-0.2, -0.15) is 0 Å². The summed E-state index contributed by atoms with van der Waals surface area (Å²) in [6, 6.07) is 1.60. The maximum absolute atomic E-state index is 13.2. The number of halogens is 1. The van der Waals surface area contributed by atoms with Crippen LogP contribution >= 0.6 is 0 Å². The van der Waals surface area contributed by atoms with E-state index in [-0.39, 0.29) is 18.0 Å². The fraction of sp³-hybridized carbons (Fsp3) is 0.615. The topological polar surface area (TPSA) is 34.2 Å². The monoisotopic (exact) mass is 238 g/mol. The Morgan fingerprint density at radius 3 is 3.12 bits per heavy atom. The number of nitrogens with one attached hydrogen (secondary N) is 1. The second-order valence-electron chi connectivity index (χ2n) is 4.42. The van der Waals surface area contributed by atoms with Crippen LogP contribution in [-0.2, 0) is 4.74 Å². The molecule has 0 spiro atoms. The summed E-state index contributed by atoms with van der Waals surface area (Å²) in [7, 11) is 0. The molecule has 0 radical (unpaired) electrons. The van der Waals surface area contributed by atoms with Gasteiger partial charge in [0.2, 0.25) is 0 Å². The first-order valence-electron chi connectivity index (χ1n) is 6.26. The molecule has 1 aliphatic rings. The first-order chi connectivity index (χ1) is 8.31. The van der Waals surface area contributed by atoms with Crippen LogP contribution in [0.1, 0.15) is 37.8 Å². The van der Waals surface area contributed by atoms with Gasteiger partial charge in [-0.15, -0.1) is 0 Å². The maximum atomic E-state index is 13.2. The highest BCUT2D eigenvalue weighted by molar-refractivity contribution is 5.17. The van der Waals surface area contributed by atoms with Crippen molar-refractivity contribution in [1.82, 2.24) is 10.3 Å². The van der Waals surface area contributed by atoms with E-state index in [1.807, 2.05) is 0 Å². The van der Waals surface area contributed by atoms with Crippen molar-refractivity contribution in [3.05, 3.63) is 29.8 Å². The van der Waals surface area contributed by atoms with Gasteiger partial charge in [-0.05, 0) is 37.4 Å². The van der Waals surface area contributed by atoms with Gasteiger partial charge >= 0.3 is 0 Å². The van der Waals surface area contributed by atoms with Gasteiger partial charge in [0.1, 0.15) is 5.82 Å². The van der Waals surface area contributed by atoms with Gasteiger partial charge in [0.25, 0.3) is 0 Å². The summed E-state index contributed by atoms with van der Waals surface area (Å²) < 4.78 is 18.9. The first kappa shape index (κ1) is 12.5. The molecule has 1 aliphatic heterocycles. The highest BCUT2D eigenvalue weighted by Crippen LogP contribution is 2.26. The van der Waals surface area contributed by atoms with E-state index in [4.69, 9.17) is 4.74 Å². The Kier molecular flexibility index (Phi) is 4.45. The smallest absolute Gasteiger partial charge is 0.141 e. The van der Waals surface area contributed by atoms with Gasteiger partial charge in [0, 0.05) is 12.8 Å². The molecule has 1 aromatic heterocycles. The molecular formula is C13H19FN2O. The summed E-state index contributed by atoms with van der Waals surface area (Å²) >= 11 is 0. The molecule has 0 amide bonds. The maximum Gasteiger partial charge on any atom is 0.141 e. The highest BCUT2D eigenvalue weighted by atomic mass is 19.1. The van der Waals surface area contributed by atoms with Crippen LogP contribution in [0.15, 0.2) is 18.5 Å². The lowest BCUT2D eigenvalue weighted by Gasteiger charge is -2.24. The third kappa shape index (κ3) is 3.23. The zero-order chi connectivity index (χ0) is 12.1. The molecule has 94 valence electrons. The lowest BCUT2D eigenvalue weighted by atomic mass is 10.0. The van der Waals surface area contributed by atoms with E-state index in [0.717, 1.165) is 38.0 Å². The Balaban J connectivity index is 2.13. The zero-order valence-corrected chi connectivity index (χ0v) is 10.2. The normalized spacial score (nSPS) is 21.6. The molecule has 0 aliphatic carbocycles. The van der Waals surface area contributed by atoms with Crippen LogP contribution in [0.4, 0.5) is 4.39 Å². The van der Waals surface area contributed by atoms with E-state index in [0.29, 0.717) is 0 Å². The van der Waals surface area contributed by atoms with Crippen molar-refractivity contribution < 1.29 is 9.13 Å². The Labute approximate surface area is 101 Å². The number of hydrogen-bond acceptors (Lipinski definition) is 3. The van der Waals surface area contributed by atoms with Gasteiger partial charge in [-0.3, -0.25) is 4.98 Å². The van der Waals surface area contributed by atoms with E-state index in [2.05, 4.69) is 17.2 Å². The predicted octanol–water partition coefficient (Wildman–Crippen LogP) is 2.44. The highest BCUT2D eigenvalue weighted by Gasteiger charge is 2.27. The minimum Gasteiger partial charge on any atom is -0.376 e. The Morgan fingerprint density at radius 1 is 1.59 bits per heavy atom. The van der Waals surface area contributed by atoms with Crippen molar-refractivity contribution in [3.63, 3.8) is 0 Å². The molecule has 0 aromatic carbocycles. The lowest BCUT2D eigenvalue weighted by Crippen LogP contribution is -2.32. The van der Waals surface area contributed by atoms with Crippen LogP contribution in [0.25, 0.3) is 0 Å². The van der Waals surface area contributed by atoms with Crippen LogP contribution in [0.5, 0.6) is 0 Å². The van der Waals surface area contributed by atoms with Crippen molar-refractivity contribution in [2.75, 3.05) is 13.2 Å². The standard InChI is InChI=1S/C13H19FN2O/c1-2-5-16-13(12-4-3-6-17-12)10-7-11(14)9-15-8-10/h7-9,12-13,16H,2-6H2,1H3. The van der Waals surface area contributed by atoms with Crippen molar-refractivity contribution in [2.45, 2.75) is 38.3 Å². The minimum absolute atomic E-state index is 0.0562. The van der Waals surface area contributed by atoms with Gasteiger partial charge in [0.05, 0.1) is 18.3 Å². The van der Waals surface area contributed by atoms with Gasteiger partial charge in [-0.1, -0.05) is 6.92 Å². The lowest BCUT2D eigenvalue weighted by molar-refractivity contribution is 0.0781. The zero-order valence-electron chi connectivity index (χ0n) is 10.2. The van der Waals surface area contributed by atoms with E-state index < -0.39 is 0 Å². The number of aromatic nitrogens is 1. The second kappa shape index (κ2) is 6.07. The summed E-state index contributed by atoms with van der Waals surface area (Å²) in [6.45, 7) is 3.82. The molecule has 0 bridgehead atoms. The van der Waals surface area contributed by atoms with E-state index in [1.165, 1.54) is 6.20 Å². The van der Waals surface area contributed by atoms with Gasteiger partial charge in [-0.25, -0.2) is 4.39 Å². The van der Waals surface area contributed by atoms with Crippen molar-refractivity contribution in [3.8, 4) is 0 Å². The Hall–Kier alpha value is -1.00. The summed E-state index contributed by atoms with van der Waals surface area (Å²) in [5.41, 5.74) is 0.880. The van der Waals surface area contributed by atoms with Crippen molar-refractivity contribution in [1.29, 1.82) is 0 Å². The first-order valence-corrected chi connectivity index (χ1v) is 6.26. The SMILES string of the molecule is CCCNC(c1cncc(F)c1)C1CCCO1. The van der Waals surface area contributed by atoms with E-state index in [9.17, 15) is 4.39 Å². The predicted molar refractivity (Wildman–Crippen MR) is 64.2 cm³/mol. The minimum atomic E-state index is -0.288. The molecule has 1 aromatic rings.